The van der Waals surface area contributed by atoms with Crippen molar-refractivity contribution in [2.75, 3.05) is 0 Å². The first kappa shape index (κ1) is 12.3. The SMILES string of the molecule is ClCc1ccccc1COc1ccc(Cl)cc1. The molecule has 0 bridgehead atoms. The first-order valence-corrected chi connectivity index (χ1v) is 6.22. The molecule has 0 aliphatic carbocycles. The lowest BCUT2D eigenvalue weighted by Gasteiger charge is -2.09. The van der Waals surface area contributed by atoms with Crippen LogP contribution >= 0.6 is 23.2 Å². The molecular formula is C14H12Cl2O. The number of hydrogen-bond donors (Lipinski definition) is 0. The zero-order valence-corrected chi connectivity index (χ0v) is 10.7. The summed E-state index contributed by atoms with van der Waals surface area (Å²) in [6.45, 7) is 0.518. The average Bonchev–Trinajstić information content (AvgIpc) is 2.38. The molecule has 3 heteroatoms. The lowest BCUT2D eigenvalue weighted by atomic mass is 10.1. The predicted octanol–water partition coefficient (Wildman–Crippen LogP) is 4.66. The van der Waals surface area contributed by atoms with E-state index in [2.05, 4.69) is 0 Å². The molecule has 0 amide bonds. The molecule has 0 spiro atoms. The normalized spacial score (nSPS) is 10.2. The van der Waals surface area contributed by atoms with Crippen molar-refractivity contribution in [3.05, 3.63) is 64.7 Å². The first-order chi connectivity index (χ1) is 8.29. The maximum absolute atomic E-state index is 5.86. The van der Waals surface area contributed by atoms with Crippen molar-refractivity contribution in [2.45, 2.75) is 12.5 Å². The van der Waals surface area contributed by atoms with Gasteiger partial charge in [-0.1, -0.05) is 35.9 Å². The van der Waals surface area contributed by atoms with Crippen LogP contribution < -0.4 is 4.74 Å². The summed E-state index contributed by atoms with van der Waals surface area (Å²) in [4.78, 5) is 0. The predicted molar refractivity (Wildman–Crippen MR) is 71.8 cm³/mol. The van der Waals surface area contributed by atoms with Crippen LogP contribution in [0.5, 0.6) is 5.75 Å². The summed E-state index contributed by atoms with van der Waals surface area (Å²) in [5, 5.41) is 0.707. The van der Waals surface area contributed by atoms with Crippen LogP contribution in [-0.4, -0.2) is 0 Å². The van der Waals surface area contributed by atoms with Gasteiger partial charge in [0.25, 0.3) is 0 Å². The second kappa shape index (κ2) is 5.95. The van der Waals surface area contributed by atoms with Gasteiger partial charge in [0.05, 0.1) is 0 Å². The van der Waals surface area contributed by atoms with E-state index < -0.39 is 0 Å². The van der Waals surface area contributed by atoms with Crippen molar-refractivity contribution in [1.29, 1.82) is 0 Å². The third-order valence-electron chi connectivity index (χ3n) is 2.47. The maximum Gasteiger partial charge on any atom is 0.119 e. The smallest absolute Gasteiger partial charge is 0.119 e. The van der Waals surface area contributed by atoms with Crippen LogP contribution in [0.25, 0.3) is 0 Å². The first-order valence-electron chi connectivity index (χ1n) is 5.30. The molecule has 88 valence electrons. The number of hydrogen-bond acceptors (Lipinski definition) is 1. The van der Waals surface area contributed by atoms with E-state index in [1.165, 1.54) is 0 Å². The van der Waals surface area contributed by atoms with E-state index in [4.69, 9.17) is 27.9 Å². The zero-order chi connectivity index (χ0) is 12.1. The topological polar surface area (TPSA) is 9.23 Å². The molecular weight excluding hydrogens is 255 g/mol. The molecule has 2 aromatic rings. The lowest BCUT2D eigenvalue weighted by molar-refractivity contribution is 0.305. The van der Waals surface area contributed by atoms with Crippen LogP contribution in [0.15, 0.2) is 48.5 Å². The number of alkyl halides is 1. The highest BCUT2D eigenvalue weighted by Crippen LogP contribution is 2.18. The summed E-state index contributed by atoms with van der Waals surface area (Å²) in [6, 6.07) is 15.3. The molecule has 0 N–H and O–H groups in total. The van der Waals surface area contributed by atoms with Crippen molar-refractivity contribution in [1.82, 2.24) is 0 Å². The summed E-state index contributed by atoms with van der Waals surface area (Å²) in [6.07, 6.45) is 0. The van der Waals surface area contributed by atoms with Gasteiger partial charge in [0, 0.05) is 10.9 Å². The fourth-order valence-electron chi connectivity index (χ4n) is 1.52. The third kappa shape index (κ3) is 3.39. The summed E-state index contributed by atoms with van der Waals surface area (Å²) in [5.74, 6) is 1.30. The number of rotatable bonds is 4. The molecule has 17 heavy (non-hydrogen) atoms. The van der Waals surface area contributed by atoms with Gasteiger partial charge >= 0.3 is 0 Å². The number of halogens is 2. The largest absolute Gasteiger partial charge is 0.489 e. The van der Waals surface area contributed by atoms with Gasteiger partial charge in [-0.05, 0) is 35.4 Å². The van der Waals surface area contributed by atoms with Crippen molar-refractivity contribution in [3.63, 3.8) is 0 Å². The maximum atomic E-state index is 5.86. The summed E-state index contributed by atoms with van der Waals surface area (Å²) in [7, 11) is 0. The van der Waals surface area contributed by atoms with E-state index in [1.807, 2.05) is 48.5 Å². The van der Waals surface area contributed by atoms with Crippen molar-refractivity contribution < 1.29 is 4.74 Å². The standard InChI is InChI=1S/C14H12Cl2O/c15-9-11-3-1-2-4-12(11)10-17-14-7-5-13(16)6-8-14/h1-8H,9-10H2. The Kier molecular flexibility index (Phi) is 4.29. The zero-order valence-electron chi connectivity index (χ0n) is 9.20. The van der Waals surface area contributed by atoms with E-state index in [0.717, 1.165) is 16.9 Å². The molecule has 0 saturated carbocycles. The fraction of sp³-hybridized carbons (Fsp3) is 0.143. The van der Waals surface area contributed by atoms with Crippen molar-refractivity contribution in [2.24, 2.45) is 0 Å². The Hall–Kier alpha value is -1.18. The van der Waals surface area contributed by atoms with Crippen LogP contribution in [0.1, 0.15) is 11.1 Å². The Balaban J connectivity index is 2.04. The highest BCUT2D eigenvalue weighted by molar-refractivity contribution is 6.30. The van der Waals surface area contributed by atoms with Crippen LogP contribution in [0.4, 0.5) is 0 Å². The van der Waals surface area contributed by atoms with Crippen LogP contribution in [0, 0.1) is 0 Å². The minimum atomic E-state index is 0.500. The molecule has 0 aromatic heterocycles. The molecule has 0 heterocycles. The Labute approximate surface area is 111 Å². The minimum Gasteiger partial charge on any atom is -0.489 e. The van der Waals surface area contributed by atoms with Gasteiger partial charge in [0.2, 0.25) is 0 Å². The summed E-state index contributed by atoms with van der Waals surface area (Å²) < 4.78 is 5.67. The molecule has 0 atom stereocenters. The molecule has 2 rings (SSSR count). The summed E-state index contributed by atoms with van der Waals surface area (Å²) >= 11 is 11.7. The van der Waals surface area contributed by atoms with Gasteiger partial charge in [0.15, 0.2) is 0 Å². The minimum absolute atomic E-state index is 0.500. The Morgan fingerprint density at radius 1 is 0.882 bits per heavy atom. The van der Waals surface area contributed by atoms with Crippen molar-refractivity contribution in [3.8, 4) is 5.75 Å². The lowest BCUT2D eigenvalue weighted by Crippen LogP contribution is -1.98. The molecule has 0 unspecified atom stereocenters. The number of benzene rings is 2. The quantitative estimate of drug-likeness (QED) is 0.732. The van der Waals surface area contributed by atoms with E-state index in [-0.39, 0.29) is 0 Å². The van der Waals surface area contributed by atoms with Gasteiger partial charge in [-0.2, -0.15) is 0 Å². The van der Waals surface area contributed by atoms with Gasteiger partial charge in [-0.25, -0.2) is 0 Å². The van der Waals surface area contributed by atoms with Crippen molar-refractivity contribution >= 4 is 23.2 Å². The fourth-order valence-corrected chi connectivity index (χ4v) is 1.91. The van der Waals surface area contributed by atoms with Gasteiger partial charge in [0.1, 0.15) is 12.4 Å². The van der Waals surface area contributed by atoms with Crippen LogP contribution in [0.2, 0.25) is 5.02 Å². The molecule has 1 nitrogen and oxygen atoms in total. The highest BCUT2D eigenvalue weighted by atomic mass is 35.5. The molecule has 2 aromatic carbocycles. The molecule has 0 radical (unpaired) electrons. The van der Waals surface area contributed by atoms with Crippen LogP contribution in [-0.2, 0) is 12.5 Å². The van der Waals surface area contributed by atoms with E-state index in [9.17, 15) is 0 Å². The summed E-state index contributed by atoms with van der Waals surface area (Å²) in [5.41, 5.74) is 2.21. The van der Waals surface area contributed by atoms with E-state index >= 15 is 0 Å². The Morgan fingerprint density at radius 2 is 1.53 bits per heavy atom. The molecule has 0 aliphatic heterocycles. The molecule has 0 saturated heterocycles. The second-order valence-corrected chi connectivity index (χ2v) is 4.35. The van der Waals surface area contributed by atoms with Gasteiger partial charge < -0.3 is 4.74 Å². The average molecular weight is 267 g/mol. The second-order valence-electron chi connectivity index (χ2n) is 3.64. The Bertz CT molecular complexity index is 480. The van der Waals surface area contributed by atoms with E-state index in [1.54, 1.807) is 0 Å². The van der Waals surface area contributed by atoms with Gasteiger partial charge in [-0.15, -0.1) is 11.6 Å². The van der Waals surface area contributed by atoms with E-state index in [0.29, 0.717) is 17.5 Å². The Morgan fingerprint density at radius 3 is 2.18 bits per heavy atom. The third-order valence-corrected chi connectivity index (χ3v) is 3.01. The monoisotopic (exact) mass is 266 g/mol. The molecule has 0 fully saturated rings. The molecule has 0 aliphatic rings. The highest BCUT2D eigenvalue weighted by Gasteiger charge is 2.01. The van der Waals surface area contributed by atoms with Crippen LogP contribution in [0.3, 0.4) is 0 Å². The van der Waals surface area contributed by atoms with Gasteiger partial charge in [-0.3, -0.25) is 0 Å². The number of ether oxygens (including phenoxy) is 1.